The molecule has 2 atom stereocenters. The third kappa shape index (κ3) is 3.71. The Morgan fingerprint density at radius 1 is 0.923 bits per heavy atom. The van der Waals surface area contributed by atoms with Crippen LogP contribution >= 0.6 is 7.29 Å². The van der Waals surface area contributed by atoms with E-state index in [1.165, 1.54) is 0 Å². The first kappa shape index (κ1) is 18.0. The van der Waals surface area contributed by atoms with Crippen LogP contribution in [0.4, 0.5) is 5.69 Å². The largest absolute Gasteiger partial charge is 0.296 e. The van der Waals surface area contributed by atoms with Crippen molar-refractivity contribution in [2.24, 2.45) is 5.11 Å². The fourth-order valence-corrected chi connectivity index (χ4v) is 5.46. The van der Waals surface area contributed by atoms with E-state index in [2.05, 4.69) is 15.1 Å². The van der Waals surface area contributed by atoms with Gasteiger partial charge < -0.3 is 0 Å². The van der Waals surface area contributed by atoms with Gasteiger partial charge in [0.1, 0.15) is 0 Å². The first-order valence-corrected chi connectivity index (χ1v) is 9.99. The van der Waals surface area contributed by atoms with Crippen molar-refractivity contribution in [3.8, 4) is 0 Å². The maximum Gasteiger partial charge on any atom is 0.205 e. The first-order chi connectivity index (χ1) is 12.6. The van der Waals surface area contributed by atoms with Gasteiger partial charge in [0, 0.05) is 27.3 Å². The summed E-state index contributed by atoms with van der Waals surface area (Å²) in [5.74, 6) is 0. The number of nitrogens with zero attached hydrogens (tertiary/aromatic N) is 3. The van der Waals surface area contributed by atoms with Crippen LogP contribution in [0.3, 0.4) is 0 Å². The fraction of sp³-hybridized carbons (Fsp3) is 0.100. The molecule has 130 valence electrons. The molecule has 0 amide bonds. The van der Waals surface area contributed by atoms with Gasteiger partial charge in [-0.05, 0) is 36.2 Å². The van der Waals surface area contributed by atoms with Crippen LogP contribution in [0.5, 0.6) is 0 Å². The molecule has 1 N–H and O–H groups in total. The van der Waals surface area contributed by atoms with Crippen LogP contribution in [0.1, 0.15) is 18.5 Å². The van der Waals surface area contributed by atoms with Crippen molar-refractivity contribution in [3.05, 3.63) is 101 Å². The molecule has 6 heteroatoms. The summed E-state index contributed by atoms with van der Waals surface area (Å²) in [6, 6.07) is 25.9. The average Bonchev–Trinajstić information content (AvgIpc) is 2.70. The maximum atomic E-state index is 14.2. The van der Waals surface area contributed by atoms with Gasteiger partial charge in [0.25, 0.3) is 0 Å². The van der Waals surface area contributed by atoms with E-state index < -0.39 is 7.29 Å². The van der Waals surface area contributed by atoms with E-state index in [0.717, 1.165) is 5.56 Å². The van der Waals surface area contributed by atoms with Gasteiger partial charge >= 0.3 is 0 Å². The summed E-state index contributed by atoms with van der Waals surface area (Å²) in [7, 11) is -3.23. The van der Waals surface area contributed by atoms with Gasteiger partial charge in [-0.2, -0.15) is 0 Å². The molecule has 5 nitrogen and oxygen atoms in total. The molecule has 0 fully saturated rings. The smallest absolute Gasteiger partial charge is 0.205 e. The number of azide groups is 1. The molecule has 0 spiro atoms. The van der Waals surface area contributed by atoms with Crippen LogP contribution in [0.25, 0.3) is 10.4 Å². The minimum absolute atomic E-state index is 0.152. The van der Waals surface area contributed by atoms with Gasteiger partial charge in [-0.1, -0.05) is 71.8 Å². The Bertz CT molecular complexity index is 969. The quantitative estimate of drug-likeness (QED) is 0.283. The van der Waals surface area contributed by atoms with Crippen LogP contribution in [0.2, 0.25) is 0 Å². The van der Waals surface area contributed by atoms with E-state index in [-0.39, 0.29) is 6.04 Å². The van der Waals surface area contributed by atoms with Gasteiger partial charge in [0.2, 0.25) is 7.29 Å². The molecule has 0 aliphatic heterocycles. The predicted molar refractivity (Wildman–Crippen MR) is 107 cm³/mol. The summed E-state index contributed by atoms with van der Waals surface area (Å²) in [4.78, 5) is 2.89. The van der Waals surface area contributed by atoms with Gasteiger partial charge in [-0.25, -0.2) is 0 Å². The van der Waals surface area contributed by atoms with E-state index in [9.17, 15) is 4.57 Å². The molecular weight excluding hydrogens is 343 g/mol. The number of benzene rings is 3. The van der Waals surface area contributed by atoms with Gasteiger partial charge in [-0.3, -0.25) is 9.65 Å². The Balaban J connectivity index is 2.13. The molecule has 0 aliphatic rings. The monoisotopic (exact) mass is 362 g/mol. The molecule has 3 aromatic rings. The lowest BCUT2D eigenvalue weighted by molar-refractivity contribution is 0.568. The van der Waals surface area contributed by atoms with Crippen molar-refractivity contribution in [3.63, 3.8) is 0 Å². The lowest BCUT2D eigenvalue weighted by Crippen LogP contribution is -2.29. The molecule has 0 bridgehead atoms. The summed E-state index contributed by atoms with van der Waals surface area (Å²) < 4.78 is 14.2. The Labute approximate surface area is 152 Å². The Morgan fingerprint density at radius 2 is 1.50 bits per heavy atom. The first-order valence-electron chi connectivity index (χ1n) is 8.28. The van der Waals surface area contributed by atoms with Crippen molar-refractivity contribution in [2.75, 3.05) is 0 Å². The second-order valence-corrected chi connectivity index (χ2v) is 8.36. The summed E-state index contributed by atoms with van der Waals surface area (Å²) in [5.41, 5.74) is 10.3. The predicted octanol–water partition coefficient (Wildman–Crippen LogP) is 5.21. The van der Waals surface area contributed by atoms with E-state index >= 15 is 0 Å². The summed E-state index contributed by atoms with van der Waals surface area (Å²) in [5, 5.41) is 8.24. The van der Waals surface area contributed by atoms with Gasteiger partial charge in [0.05, 0.1) is 0 Å². The Morgan fingerprint density at radius 3 is 2.15 bits per heavy atom. The molecule has 0 aliphatic carbocycles. The van der Waals surface area contributed by atoms with Crippen LogP contribution in [-0.2, 0) is 4.57 Å². The second kappa shape index (κ2) is 8.03. The van der Waals surface area contributed by atoms with Crippen molar-refractivity contribution < 1.29 is 4.57 Å². The number of nitrogens with one attached hydrogen (secondary N) is 1. The number of hydrogen-bond acceptors (Lipinski definition) is 2. The summed E-state index contributed by atoms with van der Waals surface area (Å²) in [6.45, 7) is 1.97. The molecule has 0 saturated carbocycles. The van der Waals surface area contributed by atoms with Crippen molar-refractivity contribution >= 4 is 23.6 Å². The molecule has 0 saturated heterocycles. The maximum absolute atomic E-state index is 14.2. The van der Waals surface area contributed by atoms with Crippen LogP contribution in [0.15, 0.2) is 90.0 Å². The standard InChI is InChI=1S/C20H19N4OP/c1-16(17-10-4-2-5-11-17)23-26(25,18-12-6-3-7-13-18)20-15-9-8-14-19(20)22-24-21/h2-16H,1H3,(H,23,25). The molecule has 0 aromatic heterocycles. The van der Waals surface area contributed by atoms with Crippen LogP contribution < -0.4 is 15.7 Å². The van der Waals surface area contributed by atoms with Crippen molar-refractivity contribution in [1.82, 2.24) is 5.09 Å². The summed E-state index contributed by atoms with van der Waals surface area (Å²) >= 11 is 0. The average molecular weight is 362 g/mol. The minimum atomic E-state index is -3.23. The Hall–Kier alpha value is -2.84. The third-order valence-corrected chi connectivity index (χ3v) is 7.00. The molecule has 0 radical (unpaired) electrons. The van der Waals surface area contributed by atoms with E-state index in [0.29, 0.717) is 16.3 Å². The normalized spacial score (nSPS) is 14.0. The number of rotatable bonds is 6. The lowest BCUT2D eigenvalue weighted by Gasteiger charge is -2.26. The fourth-order valence-electron chi connectivity index (χ4n) is 2.87. The zero-order chi connectivity index (χ0) is 18.4. The van der Waals surface area contributed by atoms with Crippen LogP contribution in [-0.4, -0.2) is 0 Å². The van der Waals surface area contributed by atoms with E-state index in [4.69, 9.17) is 5.53 Å². The van der Waals surface area contributed by atoms with Crippen molar-refractivity contribution in [2.45, 2.75) is 13.0 Å². The molecule has 26 heavy (non-hydrogen) atoms. The minimum Gasteiger partial charge on any atom is -0.296 e. The zero-order valence-electron chi connectivity index (χ0n) is 14.4. The van der Waals surface area contributed by atoms with E-state index in [1.807, 2.05) is 67.6 Å². The molecule has 3 rings (SSSR count). The highest BCUT2D eigenvalue weighted by molar-refractivity contribution is 7.77. The topological polar surface area (TPSA) is 77.9 Å². The third-order valence-electron chi connectivity index (χ3n) is 4.17. The molecule has 2 unspecified atom stereocenters. The summed E-state index contributed by atoms with van der Waals surface area (Å²) in [6.07, 6.45) is 0. The second-order valence-electron chi connectivity index (χ2n) is 5.88. The van der Waals surface area contributed by atoms with Crippen LogP contribution in [0, 0.1) is 0 Å². The van der Waals surface area contributed by atoms with Gasteiger partial charge in [-0.15, -0.1) is 0 Å². The molecule has 3 aromatic carbocycles. The number of hydrogen-bond donors (Lipinski definition) is 1. The Kier molecular flexibility index (Phi) is 5.55. The van der Waals surface area contributed by atoms with Crippen molar-refractivity contribution in [1.29, 1.82) is 0 Å². The highest BCUT2D eigenvalue weighted by atomic mass is 31.2. The van der Waals surface area contributed by atoms with Gasteiger partial charge in [0.15, 0.2) is 0 Å². The SMILES string of the molecule is CC(NP(=O)(c1ccccc1)c1ccccc1N=[N+]=[N-])c1ccccc1. The zero-order valence-corrected chi connectivity index (χ0v) is 15.3. The highest BCUT2D eigenvalue weighted by Gasteiger charge is 2.31. The molecular formula is C20H19N4OP. The molecule has 0 heterocycles. The highest BCUT2D eigenvalue weighted by Crippen LogP contribution is 2.44. The van der Waals surface area contributed by atoms with E-state index in [1.54, 1.807) is 24.3 Å². The lowest BCUT2D eigenvalue weighted by atomic mass is 10.1.